The van der Waals surface area contributed by atoms with Crippen molar-refractivity contribution in [2.24, 2.45) is 5.92 Å². The molecule has 0 spiro atoms. The van der Waals surface area contributed by atoms with Crippen molar-refractivity contribution in [1.29, 1.82) is 0 Å². The maximum atomic E-state index is 14.0. The molecule has 1 N–H and O–H groups in total. The number of halogens is 1. The lowest BCUT2D eigenvalue weighted by Gasteiger charge is -2.22. The van der Waals surface area contributed by atoms with E-state index < -0.39 is 5.67 Å². The number of hydrogen-bond acceptors (Lipinski definition) is 3. The number of hydrogen-bond donors (Lipinski definition) is 1. The second-order valence-corrected chi connectivity index (χ2v) is 7.25. The zero-order valence-electron chi connectivity index (χ0n) is 13.8. The maximum Gasteiger partial charge on any atom is 0.260 e. The third-order valence-corrected chi connectivity index (χ3v) is 5.22. The van der Waals surface area contributed by atoms with Gasteiger partial charge in [0.05, 0.1) is 18.4 Å². The van der Waals surface area contributed by atoms with E-state index >= 15 is 0 Å². The standard InChI is InChI=1S/C17H23FN4O2/c18-17(4-5-17)16(24)21-6-3-14-19-10-13(22(14)8-7-21)11-20-15(23)9-12-1-2-12/h10,12H,1-9,11H2,(H,20,23). The summed E-state index contributed by atoms with van der Waals surface area (Å²) in [5, 5.41) is 2.95. The summed E-state index contributed by atoms with van der Waals surface area (Å²) in [7, 11) is 0. The summed E-state index contributed by atoms with van der Waals surface area (Å²) in [6.07, 6.45) is 6.06. The molecule has 0 saturated heterocycles. The molecule has 2 saturated carbocycles. The van der Waals surface area contributed by atoms with Crippen LogP contribution in [0.25, 0.3) is 0 Å². The Morgan fingerprint density at radius 2 is 2.08 bits per heavy atom. The van der Waals surface area contributed by atoms with E-state index in [1.54, 1.807) is 11.1 Å². The van der Waals surface area contributed by atoms with Crippen molar-refractivity contribution < 1.29 is 14.0 Å². The smallest absolute Gasteiger partial charge is 0.260 e. The second kappa shape index (κ2) is 5.86. The summed E-state index contributed by atoms with van der Waals surface area (Å²) in [5.41, 5.74) is -0.656. The van der Waals surface area contributed by atoms with Crippen LogP contribution in [0.4, 0.5) is 4.39 Å². The number of rotatable bonds is 5. The molecule has 7 heteroatoms. The van der Waals surface area contributed by atoms with Gasteiger partial charge in [-0.3, -0.25) is 9.59 Å². The molecule has 6 nitrogen and oxygen atoms in total. The zero-order chi connectivity index (χ0) is 16.7. The minimum atomic E-state index is -1.61. The summed E-state index contributed by atoms with van der Waals surface area (Å²) in [6.45, 7) is 2.07. The third-order valence-electron chi connectivity index (χ3n) is 5.22. The fourth-order valence-corrected chi connectivity index (χ4v) is 3.29. The van der Waals surface area contributed by atoms with Gasteiger partial charge in [0, 0.05) is 32.5 Å². The van der Waals surface area contributed by atoms with Crippen LogP contribution in [0.2, 0.25) is 0 Å². The number of imidazole rings is 1. The number of alkyl halides is 1. The summed E-state index contributed by atoms with van der Waals surface area (Å²) in [5.74, 6) is 1.20. The van der Waals surface area contributed by atoms with Gasteiger partial charge in [-0.05, 0) is 31.6 Å². The van der Waals surface area contributed by atoms with E-state index in [2.05, 4.69) is 14.9 Å². The Balaban J connectivity index is 1.36. The first-order valence-corrected chi connectivity index (χ1v) is 8.83. The average Bonchev–Trinajstić information content (AvgIpc) is 3.47. The Morgan fingerprint density at radius 3 is 2.79 bits per heavy atom. The Labute approximate surface area is 140 Å². The Kier molecular flexibility index (Phi) is 3.81. The predicted molar refractivity (Wildman–Crippen MR) is 84.8 cm³/mol. The lowest BCUT2D eigenvalue weighted by molar-refractivity contribution is -0.138. The number of nitrogens with zero attached hydrogens (tertiary/aromatic N) is 3. The highest BCUT2D eigenvalue weighted by molar-refractivity contribution is 5.88. The van der Waals surface area contributed by atoms with Gasteiger partial charge in [0.1, 0.15) is 5.82 Å². The zero-order valence-corrected chi connectivity index (χ0v) is 13.8. The highest BCUT2D eigenvalue weighted by Gasteiger charge is 2.52. The van der Waals surface area contributed by atoms with Crippen LogP contribution in [-0.4, -0.2) is 45.0 Å². The summed E-state index contributed by atoms with van der Waals surface area (Å²) in [4.78, 5) is 30.1. The second-order valence-electron chi connectivity index (χ2n) is 7.25. The number of aromatic nitrogens is 2. The lowest BCUT2D eigenvalue weighted by Crippen LogP contribution is -2.40. The normalized spacial score (nSPS) is 21.8. The van der Waals surface area contributed by atoms with E-state index in [1.165, 1.54) is 0 Å². The van der Waals surface area contributed by atoms with Crippen LogP contribution in [0, 0.1) is 5.92 Å². The van der Waals surface area contributed by atoms with Crippen molar-refractivity contribution in [3.05, 3.63) is 17.7 Å². The van der Waals surface area contributed by atoms with Gasteiger partial charge in [-0.2, -0.15) is 0 Å². The van der Waals surface area contributed by atoms with E-state index in [-0.39, 0.29) is 11.8 Å². The topological polar surface area (TPSA) is 67.2 Å². The number of nitrogens with one attached hydrogen (secondary N) is 1. The van der Waals surface area contributed by atoms with Crippen molar-refractivity contribution in [2.75, 3.05) is 13.1 Å². The molecule has 4 rings (SSSR count). The molecule has 2 fully saturated rings. The minimum Gasteiger partial charge on any atom is -0.350 e. The van der Waals surface area contributed by atoms with Crippen molar-refractivity contribution in [3.63, 3.8) is 0 Å². The Morgan fingerprint density at radius 1 is 1.29 bits per heavy atom. The van der Waals surface area contributed by atoms with Crippen LogP contribution < -0.4 is 5.32 Å². The molecule has 0 bridgehead atoms. The number of amides is 2. The molecule has 1 aromatic heterocycles. The molecule has 3 aliphatic rings. The largest absolute Gasteiger partial charge is 0.350 e. The quantitative estimate of drug-likeness (QED) is 0.879. The van der Waals surface area contributed by atoms with Crippen LogP contribution in [0.15, 0.2) is 6.20 Å². The molecule has 24 heavy (non-hydrogen) atoms. The fourth-order valence-electron chi connectivity index (χ4n) is 3.29. The van der Waals surface area contributed by atoms with E-state index in [1.807, 2.05) is 0 Å². The van der Waals surface area contributed by atoms with E-state index in [0.717, 1.165) is 24.4 Å². The highest BCUT2D eigenvalue weighted by Crippen LogP contribution is 2.41. The molecule has 2 amide bonds. The average molecular weight is 334 g/mol. The number of fused-ring (bicyclic) bond motifs is 1. The number of carbonyl (C=O) groups excluding carboxylic acids is 2. The molecule has 1 aliphatic heterocycles. The van der Waals surface area contributed by atoms with Crippen molar-refractivity contribution in [2.45, 2.75) is 57.3 Å². The molecule has 130 valence electrons. The number of carbonyl (C=O) groups is 2. The molecule has 1 aromatic rings. The molecule has 0 radical (unpaired) electrons. The molecule has 0 atom stereocenters. The van der Waals surface area contributed by atoms with Crippen LogP contribution >= 0.6 is 0 Å². The highest BCUT2D eigenvalue weighted by atomic mass is 19.1. The van der Waals surface area contributed by atoms with Gasteiger partial charge < -0.3 is 14.8 Å². The Bertz CT molecular complexity index is 664. The predicted octanol–water partition coefficient (Wildman–Crippen LogP) is 1.19. The van der Waals surface area contributed by atoms with Crippen LogP contribution in [-0.2, 0) is 29.1 Å². The van der Waals surface area contributed by atoms with Gasteiger partial charge >= 0.3 is 0 Å². The molecule has 2 heterocycles. The van der Waals surface area contributed by atoms with E-state index in [0.29, 0.717) is 57.8 Å². The van der Waals surface area contributed by atoms with E-state index in [4.69, 9.17) is 0 Å². The van der Waals surface area contributed by atoms with Crippen molar-refractivity contribution >= 4 is 11.8 Å². The van der Waals surface area contributed by atoms with Crippen molar-refractivity contribution in [1.82, 2.24) is 19.8 Å². The van der Waals surface area contributed by atoms with E-state index in [9.17, 15) is 14.0 Å². The van der Waals surface area contributed by atoms with Gasteiger partial charge in [-0.25, -0.2) is 9.37 Å². The maximum absolute atomic E-state index is 14.0. The van der Waals surface area contributed by atoms with Gasteiger partial charge in [-0.1, -0.05) is 0 Å². The molecule has 0 aromatic carbocycles. The van der Waals surface area contributed by atoms with Crippen LogP contribution in [0.1, 0.15) is 43.6 Å². The molecule has 2 aliphatic carbocycles. The first kappa shape index (κ1) is 15.6. The molecule has 0 unspecified atom stereocenters. The summed E-state index contributed by atoms with van der Waals surface area (Å²) in [6, 6.07) is 0. The van der Waals surface area contributed by atoms with Crippen LogP contribution in [0.3, 0.4) is 0 Å². The fraction of sp³-hybridized carbons (Fsp3) is 0.706. The van der Waals surface area contributed by atoms with Gasteiger partial charge in [-0.15, -0.1) is 0 Å². The lowest BCUT2D eigenvalue weighted by atomic mass is 10.3. The van der Waals surface area contributed by atoms with Gasteiger partial charge in [0.2, 0.25) is 5.91 Å². The summed E-state index contributed by atoms with van der Waals surface area (Å²) < 4.78 is 16.1. The molecular weight excluding hydrogens is 311 g/mol. The first-order valence-electron chi connectivity index (χ1n) is 8.83. The minimum absolute atomic E-state index is 0.0894. The summed E-state index contributed by atoms with van der Waals surface area (Å²) >= 11 is 0. The van der Waals surface area contributed by atoms with Crippen LogP contribution in [0.5, 0.6) is 0 Å². The monoisotopic (exact) mass is 334 g/mol. The SMILES string of the molecule is O=C(CC1CC1)NCc1cnc2n1CCN(C(=O)C1(F)CC1)CC2. The Hall–Kier alpha value is -1.92. The van der Waals surface area contributed by atoms with Crippen molar-refractivity contribution in [3.8, 4) is 0 Å². The third kappa shape index (κ3) is 3.16. The van der Waals surface area contributed by atoms with Gasteiger partial charge in [0.15, 0.2) is 5.67 Å². The molecular formula is C17H23FN4O2. The first-order chi connectivity index (χ1) is 11.5. The van der Waals surface area contributed by atoms with Gasteiger partial charge in [0.25, 0.3) is 5.91 Å².